The van der Waals surface area contributed by atoms with Crippen molar-refractivity contribution in [1.29, 1.82) is 0 Å². The van der Waals surface area contributed by atoms with E-state index in [1.807, 2.05) is 34.6 Å². The van der Waals surface area contributed by atoms with Gasteiger partial charge in [0.05, 0.1) is 17.3 Å². The summed E-state index contributed by atoms with van der Waals surface area (Å²) in [6.07, 6.45) is -0.444. The van der Waals surface area contributed by atoms with Gasteiger partial charge in [-0.15, -0.1) is 11.3 Å². The molecule has 1 amide bonds. The number of aliphatic hydroxyl groups excluding tert-OH is 1. The molecule has 0 aliphatic heterocycles. The number of aryl methyl sites for hydroxylation is 1. The summed E-state index contributed by atoms with van der Waals surface area (Å²) in [5, 5.41) is 13.0. The fourth-order valence-electron chi connectivity index (χ4n) is 1.92. The zero-order valence-electron chi connectivity index (χ0n) is 11.7. The zero-order chi connectivity index (χ0) is 13.9. The minimum Gasteiger partial charge on any atom is -0.392 e. The molecule has 0 saturated carbocycles. The third-order valence-corrected chi connectivity index (χ3v) is 4.02. The molecule has 0 bridgehead atoms. The third-order valence-electron chi connectivity index (χ3n) is 3.09. The summed E-state index contributed by atoms with van der Waals surface area (Å²) in [6.45, 7) is 10.1. The van der Waals surface area contributed by atoms with E-state index in [0.717, 1.165) is 5.69 Å². The van der Waals surface area contributed by atoms with E-state index in [1.54, 1.807) is 5.51 Å². The van der Waals surface area contributed by atoms with E-state index in [4.69, 9.17) is 0 Å². The second-order valence-electron chi connectivity index (χ2n) is 5.63. The first kappa shape index (κ1) is 15.1. The monoisotopic (exact) mass is 270 g/mol. The normalized spacial score (nSPS) is 13.7. The molecule has 1 aromatic rings. The molecule has 0 saturated heterocycles. The van der Waals surface area contributed by atoms with Crippen molar-refractivity contribution in [3.63, 3.8) is 0 Å². The summed E-state index contributed by atoms with van der Waals surface area (Å²) >= 11 is 1.34. The summed E-state index contributed by atoms with van der Waals surface area (Å²) in [7, 11) is 0. The molecule has 0 radical (unpaired) electrons. The van der Waals surface area contributed by atoms with Crippen molar-refractivity contribution in [2.45, 2.75) is 40.7 Å². The molecule has 0 aliphatic carbocycles. The van der Waals surface area contributed by atoms with Gasteiger partial charge in [-0.3, -0.25) is 4.79 Å². The van der Waals surface area contributed by atoms with Crippen molar-refractivity contribution in [2.75, 3.05) is 6.54 Å². The molecule has 1 rings (SSSR count). The van der Waals surface area contributed by atoms with Crippen LogP contribution >= 0.6 is 11.3 Å². The van der Waals surface area contributed by atoms with Gasteiger partial charge in [-0.2, -0.15) is 0 Å². The number of rotatable bonds is 5. The van der Waals surface area contributed by atoms with Crippen LogP contribution in [0.1, 0.15) is 43.1 Å². The van der Waals surface area contributed by atoms with Gasteiger partial charge in [-0.05, 0) is 12.8 Å². The van der Waals surface area contributed by atoms with Crippen molar-refractivity contribution >= 4 is 17.2 Å². The minimum atomic E-state index is -0.444. The molecule has 5 heteroatoms. The van der Waals surface area contributed by atoms with Gasteiger partial charge >= 0.3 is 0 Å². The second kappa shape index (κ2) is 5.80. The predicted molar refractivity (Wildman–Crippen MR) is 73.8 cm³/mol. The summed E-state index contributed by atoms with van der Waals surface area (Å²) in [4.78, 5) is 16.6. The molecule has 0 spiro atoms. The van der Waals surface area contributed by atoms with Gasteiger partial charge in [0.2, 0.25) is 0 Å². The Labute approximate surface area is 112 Å². The van der Waals surface area contributed by atoms with E-state index in [-0.39, 0.29) is 17.2 Å². The summed E-state index contributed by atoms with van der Waals surface area (Å²) in [5.74, 6) is 0.0565. The van der Waals surface area contributed by atoms with Crippen LogP contribution < -0.4 is 5.32 Å². The molecule has 1 heterocycles. The highest BCUT2D eigenvalue weighted by Crippen LogP contribution is 2.25. The maximum Gasteiger partial charge on any atom is 0.263 e. The Bertz CT molecular complexity index is 413. The van der Waals surface area contributed by atoms with E-state index >= 15 is 0 Å². The maximum atomic E-state index is 11.9. The van der Waals surface area contributed by atoms with E-state index in [1.165, 1.54) is 11.3 Å². The molecule has 1 atom stereocenters. The molecule has 2 N–H and O–H groups in total. The van der Waals surface area contributed by atoms with Crippen LogP contribution in [-0.2, 0) is 0 Å². The number of hydrogen-bond donors (Lipinski definition) is 2. The predicted octanol–water partition coefficient (Wildman–Crippen LogP) is 2.22. The zero-order valence-corrected chi connectivity index (χ0v) is 12.5. The van der Waals surface area contributed by atoms with Crippen molar-refractivity contribution < 1.29 is 9.90 Å². The topological polar surface area (TPSA) is 62.2 Å². The molecule has 1 unspecified atom stereocenters. The van der Waals surface area contributed by atoms with Crippen molar-refractivity contribution in [2.24, 2.45) is 11.3 Å². The lowest BCUT2D eigenvalue weighted by atomic mass is 9.80. The van der Waals surface area contributed by atoms with E-state index < -0.39 is 6.10 Å². The molecule has 0 aliphatic rings. The van der Waals surface area contributed by atoms with Crippen LogP contribution in [0.4, 0.5) is 0 Å². The standard InChI is InChI=1S/C13H22N2O2S/c1-8(2)11(16)13(4,5)6-14-12(17)10-9(3)15-7-18-10/h7-8,11,16H,6H2,1-5H3,(H,14,17). The number of thiazole rings is 1. The van der Waals surface area contributed by atoms with Crippen LogP contribution in [0.3, 0.4) is 0 Å². The smallest absolute Gasteiger partial charge is 0.263 e. The average Bonchev–Trinajstić information content (AvgIpc) is 2.71. The number of carbonyl (C=O) groups excluding carboxylic acids is 1. The van der Waals surface area contributed by atoms with Crippen molar-refractivity contribution in [1.82, 2.24) is 10.3 Å². The van der Waals surface area contributed by atoms with Gasteiger partial charge in [-0.1, -0.05) is 27.7 Å². The van der Waals surface area contributed by atoms with Crippen LogP contribution in [0.5, 0.6) is 0 Å². The first-order valence-electron chi connectivity index (χ1n) is 6.12. The molecule has 0 aromatic carbocycles. The Balaban J connectivity index is 2.60. The van der Waals surface area contributed by atoms with E-state index in [9.17, 15) is 9.90 Å². The minimum absolute atomic E-state index is 0.112. The van der Waals surface area contributed by atoms with Gasteiger partial charge in [0.1, 0.15) is 4.88 Å². The van der Waals surface area contributed by atoms with Crippen LogP contribution in [-0.4, -0.2) is 28.6 Å². The first-order valence-corrected chi connectivity index (χ1v) is 7.00. The summed E-state index contributed by atoms with van der Waals surface area (Å²) in [6, 6.07) is 0. The van der Waals surface area contributed by atoms with E-state index in [0.29, 0.717) is 11.4 Å². The van der Waals surface area contributed by atoms with Crippen molar-refractivity contribution in [3.8, 4) is 0 Å². The third kappa shape index (κ3) is 3.53. The molecule has 102 valence electrons. The quantitative estimate of drug-likeness (QED) is 0.862. The van der Waals surface area contributed by atoms with Gasteiger partial charge < -0.3 is 10.4 Å². The average molecular weight is 270 g/mol. The Kier molecular flexibility index (Phi) is 4.87. The highest BCUT2D eigenvalue weighted by Gasteiger charge is 2.30. The molecule has 4 nitrogen and oxygen atoms in total. The van der Waals surface area contributed by atoms with Crippen LogP contribution in [0.25, 0.3) is 0 Å². The number of aromatic nitrogens is 1. The van der Waals surface area contributed by atoms with Gasteiger partial charge in [0.25, 0.3) is 5.91 Å². The summed E-state index contributed by atoms with van der Waals surface area (Å²) < 4.78 is 0. The number of amides is 1. The lowest BCUT2D eigenvalue weighted by Gasteiger charge is -2.33. The molecular formula is C13H22N2O2S. The summed E-state index contributed by atoms with van der Waals surface area (Å²) in [5.41, 5.74) is 2.07. The second-order valence-corrected chi connectivity index (χ2v) is 6.48. The number of nitrogens with zero attached hydrogens (tertiary/aromatic N) is 1. The Morgan fingerprint density at radius 1 is 1.56 bits per heavy atom. The lowest BCUT2D eigenvalue weighted by molar-refractivity contribution is 0.0138. The number of aliphatic hydroxyl groups is 1. The van der Waals surface area contributed by atoms with Crippen LogP contribution in [0.15, 0.2) is 5.51 Å². The van der Waals surface area contributed by atoms with Crippen LogP contribution in [0.2, 0.25) is 0 Å². The van der Waals surface area contributed by atoms with Gasteiger partial charge in [0.15, 0.2) is 0 Å². The molecular weight excluding hydrogens is 248 g/mol. The Hall–Kier alpha value is -0.940. The van der Waals surface area contributed by atoms with E-state index in [2.05, 4.69) is 10.3 Å². The highest BCUT2D eigenvalue weighted by atomic mass is 32.1. The molecule has 18 heavy (non-hydrogen) atoms. The fraction of sp³-hybridized carbons (Fsp3) is 0.692. The Morgan fingerprint density at radius 3 is 2.61 bits per heavy atom. The molecule has 1 aromatic heterocycles. The lowest BCUT2D eigenvalue weighted by Crippen LogP contribution is -2.43. The Morgan fingerprint density at radius 2 is 2.17 bits per heavy atom. The first-order chi connectivity index (χ1) is 8.25. The van der Waals surface area contributed by atoms with Crippen molar-refractivity contribution in [3.05, 3.63) is 16.1 Å². The number of carbonyl (C=O) groups is 1. The molecule has 0 fully saturated rings. The highest BCUT2D eigenvalue weighted by molar-refractivity contribution is 7.11. The van der Waals surface area contributed by atoms with Gasteiger partial charge in [0, 0.05) is 12.0 Å². The SMILES string of the molecule is Cc1ncsc1C(=O)NCC(C)(C)C(O)C(C)C. The number of nitrogens with one attached hydrogen (secondary N) is 1. The number of hydrogen-bond acceptors (Lipinski definition) is 4. The maximum absolute atomic E-state index is 11.9. The fourth-order valence-corrected chi connectivity index (χ4v) is 2.63. The largest absolute Gasteiger partial charge is 0.392 e. The van der Waals surface area contributed by atoms with Gasteiger partial charge in [-0.25, -0.2) is 4.98 Å². The van der Waals surface area contributed by atoms with Crippen LogP contribution in [0, 0.1) is 18.3 Å².